The Balaban J connectivity index is 3.67. The number of carbonyl (C=O) groups excluding carboxylic acids is 2. The summed E-state index contributed by atoms with van der Waals surface area (Å²) in [7, 11) is 0. The molecule has 0 spiro atoms. The molecular formula is C6H7O4. The maximum absolute atomic E-state index is 10.3. The van der Waals surface area contributed by atoms with Crippen molar-refractivity contribution in [2.75, 3.05) is 6.61 Å². The summed E-state index contributed by atoms with van der Waals surface area (Å²) in [5, 5.41) is 9.70. The van der Waals surface area contributed by atoms with Crippen LogP contribution in [0.4, 0.5) is 0 Å². The fourth-order valence-corrected chi connectivity index (χ4v) is 0.326. The Morgan fingerprint density at radius 2 is 2.00 bits per heavy atom. The summed E-state index contributed by atoms with van der Waals surface area (Å²) in [6, 6.07) is 0. The molecule has 0 saturated heterocycles. The molecule has 55 valence electrons. The molecule has 0 aromatic heterocycles. The smallest absolute Gasteiger partial charge is 0.379 e. The first kappa shape index (κ1) is 8.68. The van der Waals surface area contributed by atoms with Gasteiger partial charge in [0.05, 0.1) is 6.61 Å². The Bertz CT molecular complexity index is 159. The lowest BCUT2D eigenvalue weighted by Crippen LogP contribution is -2.00. The number of esters is 1. The lowest BCUT2D eigenvalue weighted by Gasteiger charge is -1.91. The second kappa shape index (κ2) is 4.55. The maximum Gasteiger partial charge on any atom is 0.379 e. The molecule has 0 heterocycles. The highest BCUT2D eigenvalue weighted by atomic mass is 16.5. The van der Waals surface area contributed by atoms with Crippen LogP contribution in [0.1, 0.15) is 6.92 Å². The van der Waals surface area contributed by atoms with Crippen LogP contribution in [0.2, 0.25) is 0 Å². The number of hydrogen-bond donors (Lipinski definition) is 0. The average molecular weight is 143 g/mol. The highest BCUT2D eigenvalue weighted by Crippen LogP contribution is 1.80. The second-order valence-electron chi connectivity index (χ2n) is 1.40. The van der Waals surface area contributed by atoms with Crippen molar-refractivity contribution < 1.29 is 19.4 Å². The molecule has 0 N–H and O–H groups in total. The Kier molecular flexibility index (Phi) is 3.95. The first-order chi connectivity index (χ1) is 4.66. The summed E-state index contributed by atoms with van der Waals surface area (Å²) in [4.78, 5) is 20.0. The molecule has 0 fully saturated rings. The Labute approximate surface area is 58.1 Å². The van der Waals surface area contributed by atoms with Gasteiger partial charge in [-0.1, -0.05) is 0 Å². The standard InChI is InChI=1S/C6H7O4/c1-2-10-6(9)4-3-5(7)8/h3-4H,2H2,1H3. The molecule has 0 aromatic carbocycles. The topological polar surface area (TPSA) is 63.3 Å². The molecule has 0 bridgehead atoms. The van der Waals surface area contributed by atoms with E-state index in [-0.39, 0.29) is 6.61 Å². The second-order valence-corrected chi connectivity index (χ2v) is 1.40. The molecule has 1 radical (unpaired) electrons. The monoisotopic (exact) mass is 143 g/mol. The van der Waals surface area contributed by atoms with Crippen LogP contribution in [0.5, 0.6) is 0 Å². The molecule has 0 rings (SSSR count). The molecule has 4 nitrogen and oxygen atoms in total. The maximum atomic E-state index is 10.3. The van der Waals surface area contributed by atoms with Gasteiger partial charge >= 0.3 is 11.9 Å². The van der Waals surface area contributed by atoms with E-state index in [1.54, 1.807) is 6.92 Å². The summed E-state index contributed by atoms with van der Waals surface area (Å²) in [6.45, 7) is 1.86. The lowest BCUT2D eigenvalue weighted by atomic mass is 10.5. The van der Waals surface area contributed by atoms with Crippen LogP contribution >= 0.6 is 0 Å². The summed E-state index contributed by atoms with van der Waals surface area (Å²) in [5.41, 5.74) is 0. The highest BCUT2D eigenvalue weighted by Gasteiger charge is 1.95. The van der Waals surface area contributed by atoms with E-state index >= 15 is 0 Å². The number of hydrogen-bond acceptors (Lipinski definition) is 3. The van der Waals surface area contributed by atoms with E-state index < -0.39 is 11.9 Å². The van der Waals surface area contributed by atoms with Gasteiger partial charge in [0.15, 0.2) is 0 Å². The van der Waals surface area contributed by atoms with Crippen LogP contribution in [0.3, 0.4) is 0 Å². The molecule has 0 atom stereocenters. The first-order valence-electron chi connectivity index (χ1n) is 2.72. The van der Waals surface area contributed by atoms with Crippen LogP contribution in [0, 0.1) is 0 Å². The number of ether oxygens (including phenoxy) is 1. The van der Waals surface area contributed by atoms with Gasteiger partial charge in [0, 0.05) is 12.2 Å². The fraction of sp³-hybridized carbons (Fsp3) is 0.333. The fourth-order valence-electron chi connectivity index (χ4n) is 0.326. The van der Waals surface area contributed by atoms with Gasteiger partial charge in [-0.05, 0) is 6.92 Å². The quantitative estimate of drug-likeness (QED) is 0.414. The van der Waals surface area contributed by atoms with Crippen molar-refractivity contribution in [3.8, 4) is 0 Å². The molecule has 0 aliphatic heterocycles. The summed E-state index contributed by atoms with van der Waals surface area (Å²) < 4.78 is 4.38. The van der Waals surface area contributed by atoms with Crippen molar-refractivity contribution >= 4 is 11.9 Å². The number of rotatable bonds is 3. The highest BCUT2D eigenvalue weighted by molar-refractivity contribution is 5.90. The zero-order valence-corrected chi connectivity index (χ0v) is 5.49. The van der Waals surface area contributed by atoms with Gasteiger partial charge in [0.25, 0.3) is 0 Å². The number of carbonyl (C=O) groups is 2. The van der Waals surface area contributed by atoms with Crippen LogP contribution in [0.25, 0.3) is 0 Å². The molecule has 0 unspecified atom stereocenters. The van der Waals surface area contributed by atoms with Crippen molar-refractivity contribution in [3.05, 3.63) is 12.2 Å². The van der Waals surface area contributed by atoms with Crippen molar-refractivity contribution in [1.29, 1.82) is 0 Å². The van der Waals surface area contributed by atoms with Crippen molar-refractivity contribution in [2.24, 2.45) is 0 Å². The van der Waals surface area contributed by atoms with E-state index in [1.165, 1.54) is 0 Å². The molecule has 0 aliphatic rings. The van der Waals surface area contributed by atoms with E-state index in [1.807, 2.05) is 0 Å². The molecule has 0 aromatic rings. The third-order valence-corrected chi connectivity index (χ3v) is 0.642. The van der Waals surface area contributed by atoms with Crippen molar-refractivity contribution in [1.82, 2.24) is 0 Å². The minimum atomic E-state index is -1.41. The first-order valence-corrected chi connectivity index (χ1v) is 2.72. The largest absolute Gasteiger partial charge is 0.463 e. The van der Waals surface area contributed by atoms with Crippen LogP contribution < -0.4 is 0 Å². The van der Waals surface area contributed by atoms with E-state index in [9.17, 15) is 14.7 Å². The van der Waals surface area contributed by atoms with Gasteiger partial charge in [0.2, 0.25) is 0 Å². The Hall–Kier alpha value is -1.32. The molecule has 0 aliphatic carbocycles. The van der Waals surface area contributed by atoms with Crippen molar-refractivity contribution in [2.45, 2.75) is 6.92 Å². The van der Waals surface area contributed by atoms with E-state index in [0.717, 1.165) is 6.08 Å². The molecule has 0 amide bonds. The van der Waals surface area contributed by atoms with E-state index in [4.69, 9.17) is 0 Å². The molecule has 4 heteroatoms. The van der Waals surface area contributed by atoms with E-state index in [0.29, 0.717) is 6.08 Å². The third kappa shape index (κ3) is 4.83. The third-order valence-electron chi connectivity index (χ3n) is 0.642. The SMILES string of the molecule is CCOC(=O)C=CC([O])=O. The normalized spacial score (nSPS) is 9.70. The van der Waals surface area contributed by atoms with Gasteiger partial charge in [-0.25, -0.2) is 14.7 Å². The van der Waals surface area contributed by atoms with Crippen LogP contribution in [-0.2, 0) is 19.4 Å². The lowest BCUT2D eigenvalue weighted by molar-refractivity contribution is -0.140. The van der Waals surface area contributed by atoms with Gasteiger partial charge in [-0.3, -0.25) is 0 Å². The zero-order valence-electron chi connectivity index (χ0n) is 5.49. The van der Waals surface area contributed by atoms with E-state index in [2.05, 4.69) is 4.74 Å². The Morgan fingerprint density at radius 1 is 1.40 bits per heavy atom. The average Bonchev–Trinajstić information content (AvgIpc) is 1.85. The molecule has 10 heavy (non-hydrogen) atoms. The zero-order chi connectivity index (χ0) is 7.98. The minimum Gasteiger partial charge on any atom is -0.463 e. The summed E-state index contributed by atoms with van der Waals surface area (Å²) >= 11 is 0. The van der Waals surface area contributed by atoms with Gasteiger partial charge < -0.3 is 4.74 Å². The Morgan fingerprint density at radius 3 is 2.40 bits per heavy atom. The van der Waals surface area contributed by atoms with Crippen LogP contribution in [-0.4, -0.2) is 18.5 Å². The van der Waals surface area contributed by atoms with Crippen LogP contribution in [0.15, 0.2) is 12.2 Å². The molecule has 0 saturated carbocycles. The van der Waals surface area contributed by atoms with Gasteiger partial charge in [-0.15, -0.1) is 0 Å². The summed E-state index contributed by atoms with van der Waals surface area (Å²) in [5.74, 6) is -2.08. The predicted molar refractivity (Wildman–Crippen MR) is 31.5 cm³/mol. The predicted octanol–water partition coefficient (Wildman–Crippen LogP) is 0.0628. The minimum absolute atomic E-state index is 0.232. The van der Waals surface area contributed by atoms with Gasteiger partial charge in [-0.2, -0.15) is 0 Å². The van der Waals surface area contributed by atoms with Crippen molar-refractivity contribution in [3.63, 3.8) is 0 Å². The summed E-state index contributed by atoms with van der Waals surface area (Å²) in [6.07, 6.45) is 1.43. The molecular weight excluding hydrogens is 136 g/mol. The van der Waals surface area contributed by atoms with Gasteiger partial charge in [0.1, 0.15) is 0 Å².